The van der Waals surface area contributed by atoms with Crippen molar-refractivity contribution in [2.45, 2.75) is 6.92 Å². The number of nitrogens with one attached hydrogen (secondary N) is 1. The monoisotopic (exact) mass is 346 g/mol. The van der Waals surface area contributed by atoms with Crippen LogP contribution in [0.4, 0.5) is 15.8 Å². The lowest BCUT2D eigenvalue weighted by atomic mass is 10.1. The second-order valence-electron chi connectivity index (χ2n) is 4.40. The molecule has 0 aliphatic carbocycles. The van der Waals surface area contributed by atoms with Gasteiger partial charge in [0.25, 0.3) is 5.91 Å². The van der Waals surface area contributed by atoms with E-state index in [-0.39, 0.29) is 32.5 Å². The van der Waals surface area contributed by atoms with Crippen molar-refractivity contribution in [1.82, 2.24) is 0 Å². The highest BCUT2D eigenvalue weighted by molar-refractivity contribution is 6.42. The molecular formula is C14H10Cl3FN2O. The molecule has 7 heteroatoms. The van der Waals surface area contributed by atoms with E-state index in [0.29, 0.717) is 5.02 Å². The number of nitrogen functional groups attached to an aromatic ring is 1. The molecule has 110 valence electrons. The maximum atomic E-state index is 14.0. The van der Waals surface area contributed by atoms with Crippen molar-refractivity contribution < 1.29 is 9.18 Å². The molecule has 0 radical (unpaired) electrons. The first-order chi connectivity index (χ1) is 9.79. The number of amides is 1. The van der Waals surface area contributed by atoms with E-state index >= 15 is 0 Å². The van der Waals surface area contributed by atoms with Crippen LogP contribution in [0.15, 0.2) is 24.3 Å². The van der Waals surface area contributed by atoms with Gasteiger partial charge < -0.3 is 11.1 Å². The van der Waals surface area contributed by atoms with Crippen molar-refractivity contribution in [2.24, 2.45) is 0 Å². The average Bonchev–Trinajstić information content (AvgIpc) is 2.37. The third kappa shape index (κ3) is 3.40. The van der Waals surface area contributed by atoms with E-state index in [2.05, 4.69) is 5.32 Å². The topological polar surface area (TPSA) is 55.1 Å². The summed E-state index contributed by atoms with van der Waals surface area (Å²) in [4.78, 5) is 12.2. The van der Waals surface area contributed by atoms with E-state index < -0.39 is 11.7 Å². The minimum atomic E-state index is -0.700. The molecule has 0 aliphatic heterocycles. The molecule has 21 heavy (non-hydrogen) atoms. The Labute approximate surface area is 135 Å². The lowest BCUT2D eigenvalue weighted by Crippen LogP contribution is -2.15. The van der Waals surface area contributed by atoms with Gasteiger partial charge in [-0.25, -0.2) is 4.39 Å². The van der Waals surface area contributed by atoms with Gasteiger partial charge in [-0.15, -0.1) is 0 Å². The molecule has 0 unspecified atom stereocenters. The molecular weight excluding hydrogens is 338 g/mol. The van der Waals surface area contributed by atoms with E-state index in [0.717, 1.165) is 0 Å². The Morgan fingerprint density at radius 1 is 1.14 bits per heavy atom. The molecule has 2 aromatic carbocycles. The molecule has 2 rings (SSSR count). The maximum absolute atomic E-state index is 14.0. The Bertz CT molecular complexity index is 711. The lowest BCUT2D eigenvalue weighted by Gasteiger charge is -2.11. The van der Waals surface area contributed by atoms with Crippen LogP contribution in [0.2, 0.25) is 15.1 Å². The van der Waals surface area contributed by atoms with Crippen molar-refractivity contribution >= 4 is 52.1 Å². The van der Waals surface area contributed by atoms with E-state index in [1.165, 1.54) is 31.2 Å². The Morgan fingerprint density at radius 3 is 2.29 bits per heavy atom. The van der Waals surface area contributed by atoms with Crippen LogP contribution in [-0.4, -0.2) is 5.91 Å². The molecule has 1 amide bonds. The summed E-state index contributed by atoms with van der Waals surface area (Å²) in [7, 11) is 0. The number of carbonyl (C=O) groups excluding carboxylic acids is 1. The zero-order valence-corrected chi connectivity index (χ0v) is 13.1. The predicted molar refractivity (Wildman–Crippen MR) is 85.0 cm³/mol. The van der Waals surface area contributed by atoms with Crippen LogP contribution in [0.3, 0.4) is 0 Å². The second-order valence-corrected chi connectivity index (χ2v) is 5.65. The molecule has 0 saturated carbocycles. The zero-order valence-electron chi connectivity index (χ0n) is 10.8. The third-order valence-corrected chi connectivity index (χ3v) is 3.58. The minimum Gasteiger partial charge on any atom is -0.399 e. The van der Waals surface area contributed by atoms with Gasteiger partial charge in [-0.3, -0.25) is 4.79 Å². The van der Waals surface area contributed by atoms with E-state index in [1.54, 1.807) is 0 Å². The lowest BCUT2D eigenvalue weighted by molar-refractivity contribution is 0.102. The summed E-state index contributed by atoms with van der Waals surface area (Å²) in [6, 6.07) is 5.53. The summed E-state index contributed by atoms with van der Waals surface area (Å²) in [6.45, 7) is 1.52. The van der Waals surface area contributed by atoms with Crippen LogP contribution >= 0.6 is 34.8 Å². The Balaban J connectivity index is 2.40. The van der Waals surface area contributed by atoms with Gasteiger partial charge in [0.05, 0.1) is 21.3 Å². The maximum Gasteiger partial charge on any atom is 0.258 e. The van der Waals surface area contributed by atoms with E-state index in [1.807, 2.05) is 0 Å². The van der Waals surface area contributed by atoms with Crippen molar-refractivity contribution in [3.63, 3.8) is 0 Å². The van der Waals surface area contributed by atoms with Gasteiger partial charge in [-0.1, -0.05) is 34.8 Å². The number of rotatable bonds is 2. The number of hydrogen-bond acceptors (Lipinski definition) is 2. The van der Waals surface area contributed by atoms with Gasteiger partial charge in [0, 0.05) is 10.7 Å². The second kappa shape index (κ2) is 6.10. The molecule has 0 atom stereocenters. The fourth-order valence-electron chi connectivity index (χ4n) is 1.81. The summed E-state index contributed by atoms with van der Waals surface area (Å²) in [5.74, 6) is -1.35. The SMILES string of the molecule is Cc1cc(N)cc(C(=O)Nc2c(Cl)cc(Cl)cc2Cl)c1F. The van der Waals surface area contributed by atoms with Gasteiger partial charge in [0.1, 0.15) is 5.82 Å². The average molecular weight is 348 g/mol. The van der Waals surface area contributed by atoms with Crippen LogP contribution in [0.25, 0.3) is 0 Å². The van der Waals surface area contributed by atoms with Crippen molar-refractivity contribution in [1.29, 1.82) is 0 Å². The van der Waals surface area contributed by atoms with Crippen LogP contribution in [0, 0.1) is 12.7 Å². The first kappa shape index (κ1) is 15.9. The van der Waals surface area contributed by atoms with Gasteiger partial charge in [0.2, 0.25) is 0 Å². The molecule has 2 aromatic rings. The van der Waals surface area contributed by atoms with Crippen molar-refractivity contribution in [2.75, 3.05) is 11.1 Å². The number of halogens is 4. The molecule has 0 aromatic heterocycles. The summed E-state index contributed by atoms with van der Waals surface area (Å²) in [6.07, 6.45) is 0. The number of anilines is 2. The first-order valence-corrected chi connectivity index (χ1v) is 6.94. The van der Waals surface area contributed by atoms with Gasteiger partial charge >= 0.3 is 0 Å². The number of benzene rings is 2. The van der Waals surface area contributed by atoms with Crippen LogP contribution in [0.5, 0.6) is 0 Å². The Kier molecular flexibility index (Phi) is 4.61. The molecule has 3 nitrogen and oxygen atoms in total. The standard InChI is InChI=1S/C14H10Cl3FN2O/c1-6-2-8(19)5-9(12(6)18)14(21)20-13-10(16)3-7(15)4-11(13)17/h2-5H,19H2,1H3,(H,20,21). The fourth-order valence-corrected chi connectivity index (χ4v) is 2.72. The predicted octanol–water partition coefficient (Wildman–Crippen LogP) is 4.93. The first-order valence-electron chi connectivity index (χ1n) is 5.81. The van der Waals surface area contributed by atoms with Crippen molar-refractivity contribution in [3.8, 4) is 0 Å². The van der Waals surface area contributed by atoms with Crippen molar-refractivity contribution in [3.05, 3.63) is 56.3 Å². The summed E-state index contributed by atoms with van der Waals surface area (Å²) < 4.78 is 14.0. The largest absolute Gasteiger partial charge is 0.399 e. The summed E-state index contributed by atoms with van der Waals surface area (Å²) >= 11 is 17.7. The Morgan fingerprint density at radius 2 is 1.71 bits per heavy atom. The molecule has 0 bridgehead atoms. The number of nitrogens with two attached hydrogens (primary N) is 1. The van der Waals surface area contributed by atoms with Gasteiger partial charge in [0.15, 0.2) is 0 Å². The zero-order chi connectivity index (χ0) is 15.7. The summed E-state index contributed by atoms with van der Waals surface area (Å²) in [5.41, 5.74) is 6.15. The minimum absolute atomic E-state index is 0.155. The Hall–Kier alpha value is -1.49. The highest BCUT2D eigenvalue weighted by atomic mass is 35.5. The van der Waals surface area contributed by atoms with Gasteiger partial charge in [-0.05, 0) is 36.8 Å². The summed E-state index contributed by atoms with van der Waals surface area (Å²) in [5, 5.41) is 3.10. The number of carbonyl (C=O) groups is 1. The van der Waals surface area contributed by atoms with Crippen LogP contribution < -0.4 is 11.1 Å². The molecule has 0 spiro atoms. The smallest absolute Gasteiger partial charge is 0.258 e. The molecule has 0 aliphatic rings. The molecule has 3 N–H and O–H groups in total. The quantitative estimate of drug-likeness (QED) is 0.757. The van der Waals surface area contributed by atoms with E-state index in [9.17, 15) is 9.18 Å². The number of hydrogen-bond donors (Lipinski definition) is 2. The normalized spacial score (nSPS) is 10.5. The number of aryl methyl sites for hydroxylation is 1. The highest BCUT2D eigenvalue weighted by Gasteiger charge is 2.17. The van der Waals surface area contributed by atoms with Crippen LogP contribution in [-0.2, 0) is 0 Å². The fraction of sp³-hybridized carbons (Fsp3) is 0.0714. The molecule has 0 heterocycles. The highest BCUT2D eigenvalue weighted by Crippen LogP contribution is 2.34. The molecule has 0 saturated heterocycles. The third-order valence-electron chi connectivity index (χ3n) is 2.77. The van der Waals surface area contributed by atoms with Crippen LogP contribution in [0.1, 0.15) is 15.9 Å². The van der Waals surface area contributed by atoms with Gasteiger partial charge in [-0.2, -0.15) is 0 Å². The van der Waals surface area contributed by atoms with E-state index in [4.69, 9.17) is 40.5 Å². The molecule has 0 fully saturated rings.